The molecular weight excluding hydrogens is 375 g/mol. The number of carbonyl (C=O) groups is 2. The van der Waals surface area contributed by atoms with Gasteiger partial charge in [-0.2, -0.15) is 0 Å². The van der Waals surface area contributed by atoms with Crippen molar-refractivity contribution in [1.82, 2.24) is 5.48 Å². The van der Waals surface area contributed by atoms with E-state index in [2.05, 4.69) is 12.2 Å². The lowest BCUT2D eigenvalue weighted by Gasteiger charge is -2.18. The zero-order valence-corrected chi connectivity index (χ0v) is 15.8. The minimum absolute atomic E-state index is 0.0320. The molecule has 2 aromatic rings. The Hall–Kier alpha value is -2.08. The average Bonchev–Trinajstić information content (AvgIpc) is 2.61. The van der Waals surface area contributed by atoms with Gasteiger partial charge in [0.15, 0.2) is 0 Å². The van der Waals surface area contributed by atoms with Crippen LogP contribution < -0.4 is 10.8 Å². The van der Waals surface area contributed by atoms with Crippen LogP contribution in [0, 0.1) is 0 Å². The zero-order chi connectivity index (χ0) is 19.1. The van der Waals surface area contributed by atoms with Crippen LogP contribution in [0.3, 0.4) is 0 Å². The Morgan fingerprint density at radius 3 is 2.27 bits per heavy atom. The van der Waals surface area contributed by atoms with Gasteiger partial charge in [-0.25, -0.2) is 5.48 Å². The van der Waals surface area contributed by atoms with Gasteiger partial charge in [0.25, 0.3) is 0 Å². The predicted molar refractivity (Wildman–Crippen MR) is 103 cm³/mol. The molecule has 0 radical (unpaired) electrons. The Labute approximate surface area is 162 Å². The molecular formula is C19H20Cl2N2O3. The fourth-order valence-corrected chi connectivity index (χ4v) is 3.22. The maximum absolute atomic E-state index is 12.4. The van der Waals surface area contributed by atoms with Gasteiger partial charge >= 0.3 is 0 Å². The van der Waals surface area contributed by atoms with Crippen molar-refractivity contribution in [2.75, 3.05) is 5.32 Å². The highest BCUT2D eigenvalue weighted by atomic mass is 35.5. The zero-order valence-electron chi connectivity index (χ0n) is 14.3. The van der Waals surface area contributed by atoms with E-state index < -0.39 is 11.8 Å². The molecule has 0 aliphatic rings. The summed E-state index contributed by atoms with van der Waals surface area (Å²) in [6.07, 6.45) is 0.867. The number of carbonyl (C=O) groups excluding carboxylic acids is 2. The van der Waals surface area contributed by atoms with E-state index >= 15 is 0 Å². The summed E-state index contributed by atoms with van der Waals surface area (Å²) in [6, 6.07) is 12.5. The summed E-state index contributed by atoms with van der Waals surface area (Å²) < 4.78 is 0. The summed E-state index contributed by atoms with van der Waals surface area (Å²) in [5.41, 5.74) is 4.07. The monoisotopic (exact) mass is 394 g/mol. The Morgan fingerprint density at radius 1 is 1.04 bits per heavy atom. The summed E-state index contributed by atoms with van der Waals surface area (Å²) >= 11 is 12.1. The van der Waals surface area contributed by atoms with Gasteiger partial charge in [0.2, 0.25) is 11.8 Å². The van der Waals surface area contributed by atoms with Crippen molar-refractivity contribution in [3.05, 3.63) is 63.6 Å². The number of benzene rings is 2. The molecule has 0 aromatic heterocycles. The van der Waals surface area contributed by atoms with Crippen molar-refractivity contribution in [1.29, 1.82) is 0 Å². The van der Waals surface area contributed by atoms with Crippen LogP contribution in [-0.4, -0.2) is 17.0 Å². The smallest absolute Gasteiger partial charge is 0.243 e. The lowest BCUT2D eigenvalue weighted by molar-refractivity contribution is -0.129. The number of hydrogen-bond donors (Lipinski definition) is 3. The van der Waals surface area contributed by atoms with Crippen LogP contribution in [0.15, 0.2) is 42.5 Å². The minimum Gasteiger partial charge on any atom is -0.326 e. The summed E-state index contributed by atoms with van der Waals surface area (Å²) in [4.78, 5) is 24.0. The fourth-order valence-electron chi connectivity index (χ4n) is 2.65. The van der Waals surface area contributed by atoms with Gasteiger partial charge in [-0.15, -0.1) is 0 Å². The maximum Gasteiger partial charge on any atom is 0.243 e. The molecule has 2 amide bonds. The van der Waals surface area contributed by atoms with E-state index in [-0.39, 0.29) is 18.7 Å². The van der Waals surface area contributed by atoms with Gasteiger partial charge in [0.1, 0.15) is 0 Å². The van der Waals surface area contributed by atoms with E-state index in [0.717, 1.165) is 6.42 Å². The third-order valence-corrected chi connectivity index (χ3v) is 4.60. The summed E-state index contributed by atoms with van der Waals surface area (Å²) in [5.74, 6) is -1.35. The highest BCUT2D eigenvalue weighted by Crippen LogP contribution is 2.32. The summed E-state index contributed by atoms with van der Waals surface area (Å²) in [5, 5.41) is 12.5. The van der Waals surface area contributed by atoms with Gasteiger partial charge in [-0.1, -0.05) is 48.3 Å². The van der Waals surface area contributed by atoms with Gasteiger partial charge in [-0.05, 0) is 41.8 Å². The van der Waals surface area contributed by atoms with E-state index in [1.54, 1.807) is 23.7 Å². The van der Waals surface area contributed by atoms with Crippen molar-refractivity contribution in [2.45, 2.75) is 32.1 Å². The molecule has 7 heteroatoms. The molecule has 2 aromatic carbocycles. The number of hydroxylamine groups is 1. The van der Waals surface area contributed by atoms with Crippen molar-refractivity contribution in [3.8, 4) is 0 Å². The Kier molecular flexibility index (Phi) is 7.45. The second kappa shape index (κ2) is 9.57. The largest absolute Gasteiger partial charge is 0.326 e. The first-order chi connectivity index (χ1) is 12.4. The van der Waals surface area contributed by atoms with Gasteiger partial charge in [0, 0.05) is 34.5 Å². The molecule has 5 nitrogen and oxygen atoms in total. The molecule has 0 spiro atoms. The third kappa shape index (κ3) is 5.73. The molecule has 1 atom stereocenters. The second-order valence-corrected chi connectivity index (χ2v) is 6.75. The molecule has 0 saturated heterocycles. The van der Waals surface area contributed by atoms with Gasteiger partial charge < -0.3 is 5.32 Å². The molecule has 0 heterocycles. The lowest BCUT2D eigenvalue weighted by atomic mass is 9.91. The number of halogens is 2. The lowest BCUT2D eigenvalue weighted by Crippen LogP contribution is -2.24. The molecule has 0 aliphatic carbocycles. The van der Waals surface area contributed by atoms with Crippen LogP contribution in [0.5, 0.6) is 0 Å². The molecule has 138 valence electrons. The van der Waals surface area contributed by atoms with E-state index in [1.165, 1.54) is 5.56 Å². The fraction of sp³-hybridized carbons (Fsp3) is 0.263. The molecule has 0 fully saturated rings. The summed E-state index contributed by atoms with van der Waals surface area (Å²) in [6.45, 7) is 2.06. The topological polar surface area (TPSA) is 78.4 Å². The van der Waals surface area contributed by atoms with Crippen molar-refractivity contribution in [2.24, 2.45) is 0 Å². The number of aryl methyl sites for hydroxylation is 1. The average molecular weight is 395 g/mol. The molecule has 26 heavy (non-hydrogen) atoms. The third-order valence-electron chi connectivity index (χ3n) is 4.04. The van der Waals surface area contributed by atoms with Crippen molar-refractivity contribution in [3.63, 3.8) is 0 Å². The highest BCUT2D eigenvalue weighted by Gasteiger charge is 2.22. The standard InChI is InChI=1S/C19H20Cl2N2O3/c1-2-12-3-6-15(7-4-12)22-18(24)9-13(10-19(25)23-26)16-8-5-14(20)11-17(16)21/h3-8,11,13,26H,2,9-10H2,1H3,(H,22,24)(H,23,25). The quantitative estimate of drug-likeness (QED) is 0.475. The second-order valence-electron chi connectivity index (χ2n) is 5.90. The van der Waals surface area contributed by atoms with Crippen molar-refractivity contribution >= 4 is 40.7 Å². The molecule has 0 aliphatic heterocycles. The molecule has 0 bridgehead atoms. The maximum atomic E-state index is 12.4. The number of amides is 2. The number of hydrogen-bond acceptors (Lipinski definition) is 3. The van der Waals surface area contributed by atoms with E-state index in [4.69, 9.17) is 28.4 Å². The predicted octanol–water partition coefficient (Wildman–Crippen LogP) is 4.56. The number of rotatable bonds is 7. The van der Waals surface area contributed by atoms with Crippen LogP contribution in [-0.2, 0) is 16.0 Å². The Bertz CT molecular complexity index is 779. The van der Waals surface area contributed by atoms with E-state index in [1.807, 2.05) is 24.3 Å². The van der Waals surface area contributed by atoms with E-state index in [9.17, 15) is 9.59 Å². The van der Waals surface area contributed by atoms with Crippen LogP contribution in [0.25, 0.3) is 0 Å². The molecule has 3 N–H and O–H groups in total. The first-order valence-electron chi connectivity index (χ1n) is 8.19. The van der Waals surface area contributed by atoms with Crippen LogP contribution in [0.4, 0.5) is 5.69 Å². The minimum atomic E-state index is -0.596. The van der Waals surface area contributed by atoms with Crippen LogP contribution in [0.1, 0.15) is 36.8 Å². The summed E-state index contributed by atoms with van der Waals surface area (Å²) in [7, 11) is 0. The van der Waals surface area contributed by atoms with Crippen LogP contribution >= 0.6 is 23.2 Å². The van der Waals surface area contributed by atoms with Gasteiger partial charge in [-0.3, -0.25) is 14.8 Å². The first kappa shape index (κ1) is 20.2. The SMILES string of the molecule is CCc1ccc(NC(=O)CC(CC(=O)NO)c2ccc(Cl)cc2Cl)cc1. The molecule has 1 unspecified atom stereocenters. The highest BCUT2D eigenvalue weighted by molar-refractivity contribution is 6.35. The Morgan fingerprint density at radius 2 is 1.69 bits per heavy atom. The van der Waals surface area contributed by atoms with Gasteiger partial charge in [0.05, 0.1) is 0 Å². The first-order valence-corrected chi connectivity index (χ1v) is 8.95. The molecule has 0 saturated carbocycles. The molecule has 2 rings (SSSR count). The number of anilines is 1. The Balaban J connectivity index is 2.14. The van der Waals surface area contributed by atoms with Crippen molar-refractivity contribution < 1.29 is 14.8 Å². The van der Waals surface area contributed by atoms with Crippen LogP contribution in [0.2, 0.25) is 10.0 Å². The normalized spacial score (nSPS) is 11.7. The van der Waals surface area contributed by atoms with E-state index in [0.29, 0.717) is 21.3 Å². The number of nitrogens with one attached hydrogen (secondary N) is 2.